The summed E-state index contributed by atoms with van der Waals surface area (Å²) in [7, 11) is -5.36. The third kappa shape index (κ3) is 12.7. The normalized spacial score (nSPS) is 13.9. The van der Waals surface area contributed by atoms with Crippen LogP contribution in [-0.2, 0) is 19.6 Å². The molecule has 1 aliphatic heterocycles. The standard InChI is InChI=1S/C28H24Cl2F3N3O3S.C7H14O3.2C2H6/c29-20-5-1-17(2-6-20)26(18-3-7-21(30)8-4-18)19-15-23-24(9-12-34-27(23)25(37)16-19)35-22-10-13-36(14-11-22)40(38,39)28(31,32)33;1-4-10-7(2,3)5-6(8)9;2*1-2/h1-9,12,15-16,22,26,37H,10-11,13-14H2,(H,34,35);4-5H2,1-3H3,(H,8,9);2*1-2H3. The molecule has 0 spiro atoms. The van der Waals surface area contributed by atoms with Gasteiger partial charge < -0.3 is 20.3 Å². The number of aromatic nitrogens is 1. The van der Waals surface area contributed by atoms with E-state index in [1.54, 1.807) is 50.2 Å². The number of rotatable bonds is 10. The second-order valence-electron chi connectivity index (χ2n) is 12.4. The number of aliphatic carboxylic acids is 1. The first-order chi connectivity index (χ1) is 25.4. The lowest BCUT2D eigenvalue weighted by molar-refractivity contribution is -0.143. The van der Waals surface area contributed by atoms with E-state index in [1.807, 2.05) is 65.0 Å². The predicted molar refractivity (Wildman–Crippen MR) is 211 cm³/mol. The van der Waals surface area contributed by atoms with Crippen molar-refractivity contribution in [1.29, 1.82) is 0 Å². The van der Waals surface area contributed by atoms with Crippen molar-refractivity contribution < 1.29 is 41.3 Å². The van der Waals surface area contributed by atoms with Gasteiger partial charge in [-0.15, -0.1) is 0 Å². The van der Waals surface area contributed by atoms with Gasteiger partial charge in [0.25, 0.3) is 0 Å². The zero-order valence-corrected chi connectivity index (χ0v) is 33.9. The highest BCUT2D eigenvalue weighted by Crippen LogP contribution is 2.39. The minimum atomic E-state index is -5.36. The number of carbonyl (C=O) groups is 1. The van der Waals surface area contributed by atoms with E-state index in [1.165, 1.54) is 6.20 Å². The molecule has 3 aromatic carbocycles. The monoisotopic (exact) mass is 815 g/mol. The first-order valence-corrected chi connectivity index (χ1v) is 19.9. The molecule has 4 aromatic rings. The Morgan fingerprint density at radius 2 is 1.43 bits per heavy atom. The number of nitrogens with zero attached hydrogens (tertiary/aromatic N) is 2. The van der Waals surface area contributed by atoms with Gasteiger partial charge >= 0.3 is 21.5 Å². The number of halogens is 5. The molecule has 298 valence electrons. The molecule has 0 aliphatic carbocycles. The van der Waals surface area contributed by atoms with Crippen LogP contribution in [0.2, 0.25) is 10.0 Å². The lowest BCUT2D eigenvalue weighted by Crippen LogP contribution is -2.47. The number of sulfonamides is 1. The molecule has 0 amide bonds. The summed E-state index contributed by atoms with van der Waals surface area (Å²) in [5, 5.41) is 24.5. The molecule has 1 saturated heterocycles. The van der Waals surface area contributed by atoms with Crippen LogP contribution in [0.15, 0.2) is 72.9 Å². The van der Waals surface area contributed by atoms with Crippen LogP contribution in [0.25, 0.3) is 10.9 Å². The number of aromatic hydroxyl groups is 1. The fourth-order valence-corrected chi connectivity index (χ4v) is 7.09. The zero-order valence-electron chi connectivity index (χ0n) is 31.5. The second kappa shape index (κ2) is 20.9. The van der Waals surface area contributed by atoms with Crippen molar-refractivity contribution in [2.24, 2.45) is 0 Å². The number of phenols is 1. The molecule has 3 N–H and O–H groups in total. The van der Waals surface area contributed by atoms with Crippen LogP contribution < -0.4 is 5.32 Å². The van der Waals surface area contributed by atoms with Gasteiger partial charge in [0.05, 0.1) is 12.0 Å². The van der Waals surface area contributed by atoms with Crippen molar-refractivity contribution in [3.63, 3.8) is 0 Å². The van der Waals surface area contributed by atoms with E-state index < -0.39 is 27.1 Å². The Morgan fingerprint density at radius 3 is 1.87 bits per heavy atom. The average molecular weight is 817 g/mol. The number of ether oxygens (including phenoxy) is 1. The number of carboxylic acids is 1. The molecule has 9 nitrogen and oxygen atoms in total. The fraction of sp³-hybridized carbons (Fsp3) is 0.436. The summed E-state index contributed by atoms with van der Waals surface area (Å²) in [6.07, 6.45) is 1.95. The zero-order chi connectivity index (χ0) is 40.9. The number of pyridine rings is 1. The molecule has 2 heterocycles. The Morgan fingerprint density at radius 1 is 0.926 bits per heavy atom. The van der Waals surface area contributed by atoms with Crippen LogP contribution in [0, 0.1) is 0 Å². The summed E-state index contributed by atoms with van der Waals surface area (Å²) < 4.78 is 68.1. The highest BCUT2D eigenvalue weighted by atomic mass is 35.5. The van der Waals surface area contributed by atoms with Crippen LogP contribution in [0.1, 0.15) is 90.3 Å². The summed E-state index contributed by atoms with van der Waals surface area (Å²) in [6, 6.07) is 19.8. The maximum atomic E-state index is 13.0. The third-order valence-corrected chi connectivity index (χ3v) is 10.3. The molecule has 1 aromatic heterocycles. The van der Waals surface area contributed by atoms with Crippen molar-refractivity contribution >= 4 is 55.8 Å². The van der Waals surface area contributed by atoms with Crippen LogP contribution in [-0.4, -0.2) is 70.7 Å². The molecule has 1 fully saturated rings. The summed E-state index contributed by atoms with van der Waals surface area (Å²) in [6.45, 7) is 13.4. The summed E-state index contributed by atoms with van der Waals surface area (Å²) in [5.74, 6) is -1.14. The van der Waals surface area contributed by atoms with Gasteiger partial charge in [-0.1, -0.05) is 75.2 Å². The van der Waals surface area contributed by atoms with Crippen molar-refractivity contribution in [2.45, 2.75) is 90.8 Å². The largest absolute Gasteiger partial charge is 0.511 e. The number of benzene rings is 3. The highest BCUT2D eigenvalue weighted by Gasteiger charge is 2.50. The van der Waals surface area contributed by atoms with Crippen molar-refractivity contribution in [1.82, 2.24) is 9.29 Å². The number of phenolic OH excluding ortho intramolecular Hbond substituents is 1. The van der Waals surface area contributed by atoms with Crippen molar-refractivity contribution in [3.05, 3.63) is 99.7 Å². The Balaban J connectivity index is 0.000000621. The van der Waals surface area contributed by atoms with Gasteiger partial charge in [-0.2, -0.15) is 17.5 Å². The lowest BCUT2D eigenvalue weighted by Gasteiger charge is -2.32. The quantitative estimate of drug-likeness (QED) is 0.135. The van der Waals surface area contributed by atoms with E-state index in [-0.39, 0.29) is 50.1 Å². The minimum Gasteiger partial charge on any atom is -0.506 e. The first-order valence-electron chi connectivity index (χ1n) is 17.7. The summed E-state index contributed by atoms with van der Waals surface area (Å²) >= 11 is 12.3. The number of carboxylic acid groups (broad SMARTS) is 1. The smallest absolute Gasteiger partial charge is 0.506 e. The topological polar surface area (TPSA) is 129 Å². The number of fused-ring (bicyclic) bond motifs is 1. The molecule has 0 saturated carbocycles. The average Bonchev–Trinajstić information content (AvgIpc) is 3.11. The molecule has 0 unspecified atom stereocenters. The maximum absolute atomic E-state index is 13.0. The Labute approximate surface area is 326 Å². The molecule has 15 heteroatoms. The summed E-state index contributed by atoms with van der Waals surface area (Å²) in [5.41, 5.74) is -2.23. The van der Waals surface area contributed by atoms with E-state index in [4.69, 9.17) is 33.0 Å². The van der Waals surface area contributed by atoms with Gasteiger partial charge in [0.1, 0.15) is 11.3 Å². The van der Waals surface area contributed by atoms with Gasteiger partial charge in [-0.05, 0) is 92.8 Å². The van der Waals surface area contributed by atoms with E-state index in [2.05, 4.69) is 10.3 Å². The van der Waals surface area contributed by atoms with Crippen LogP contribution in [0.4, 0.5) is 18.9 Å². The van der Waals surface area contributed by atoms with E-state index >= 15 is 0 Å². The van der Waals surface area contributed by atoms with Gasteiger partial charge in [-0.3, -0.25) is 9.78 Å². The number of anilines is 1. The first kappa shape index (κ1) is 46.5. The Kier molecular flexibility index (Phi) is 18.0. The molecule has 0 bridgehead atoms. The van der Waals surface area contributed by atoms with Gasteiger partial charge in [0, 0.05) is 59.0 Å². The number of piperidine rings is 1. The number of alkyl halides is 3. The van der Waals surface area contributed by atoms with Gasteiger partial charge in [0.15, 0.2) is 0 Å². The van der Waals surface area contributed by atoms with Crippen molar-refractivity contribution in [3.8, 4) is 5.75 Å². The van der Waals surface area contributed by atoms with Crippen LogP contribution >= 0.6 is 23.2 Å². The molecule has 0 radical (unpaired) electrons. The van der Waals surface area contributed by atoms with Gasteiger partial charge in [0.2, 0.25) is 0 Å². The fourth-order valence-electron chi connectivity index (χ4n) is 5.85. The highest BCUT2D eigenvalue weighted by molar-refractivity contribution is 7.90. The predicted octanol–water partition coefficient (Wildman–Crippen LogP) is 10.5. The van der Waals surface area contributed by atoms with Crippen LogP contribution in [0.5, 0.6) is 5.75 Å². The third-order valence-electron chi connectivity index (χ3n) is 8.15. The molecule has 0 atom stereocenters. The number of hydrogen-bond donors (Lipinski definition) is 3. The minimum absolute atomic E-state index is 0.0323. The van der Waals surface area contributed by atoms with Gasteiger partial charge in [-0.25, -0.2) is 8.42 Å². The maximum Gasteiger partial charge on any atom is 0.511 e. The molecule has 5 rings (SSSR count). The molecular formula is C39H50Cl2F3N3O6S. The Bertz CT molecular complexity index is 1840. The molecular weight excluding hydrogens is 766 g/mol. The summed E-state index contributed by atoms with van der Waals surface area (Å²) in [4.78, 5) is 14.5. The SMILES string of the molecule is CC.CC.CCOC(C)(C)CC(=O)O.O=S(=O)(N1CCC(Nc2ccnc3c(O)cc(C(c4ccc(Cl)cc4)c4ccc(Cl)cc4)cc23)CC1)C(F)(F)F. The number of hydrogen-bond acceptors (Lipinski definition) is 7. The Hall–Kier alpha value is -3.62. The van der Waals surface area contributed by atoms with E-state index in [0.29, 0.717) is 37.5 Å². The number of nitrogens with one attached hydrogen (secondary N) is 1. The lowest BCUT2D eigenvalue weighted by atomic mass is 9.84. The molecule has 54 heavy (non-hydrogen) atoms. The van der Waals surface area contributed by atoms with Crippen molar-refractivity contribution in [2.75, 3.05) is 25.0 Å². The van der Waals surface area contributed by atoms with E-state index in [0.717, 1.165) is 16.7 Å². The van der Waals surface area contributed by atoms with Crippen LogP contribution in [0.3, 0.4) is 0 Å². The van der Waals surface area contributed by atoms with E-state index in [9.17, 15) is 31.5 Å². The second-order valence-corrected chi connectivity index (χ2v) is 15.2. The molecule has 1 aliphatic rings.